The van der Waals surface area contributed by atoms with Crippen LogP contribution in [0, 0.1) is 5.92 Å². The zero-order chi connectivity index (χ0) is 12.7. The molecule has 100 valence electrons. The average Bonchev–Trinajstić information content (AvgIpc) is 2.93. The summed E-state index contributed by atoms with van der Waals surface area (Å²) in [5.74, 6) is 3.83. The van der Waals surface area contributed by atoms with Gasteiger partial charge in [-0.2, -0.15) is 0 Å². The van der Waals surface area contributed by atoms with E-state index in [4.69, 9.17) is 0 Å². The molecule has 0 bridgehead atoms. The minimum absolute atomic E-state index is 0.596. The number of hydrogen-bond acceptors (Lipinski definition) is 3. The van der Waals surface area contributed by atoms with Gasteiger partial charge in [0.2, 0.25) is 0 Å². The van der Waals surface area contributed by atoms with Crippen molar-refractivity contribution in [3.63, 3.8) is 0 Å². The summed E-state index contributed by atoms with van der Waals surface area (Å²) in [4.78, 5) is 2.55. The van der Waals surface area contributed by atoms with E-state index in [0.717, 1.165) is 25.4 Å². The summed E-state index contributed by atoms with van der Waals surface area (Å²) in [7, 11) is 0. The number of nitrogens with zero attached hydrogens (tertiary/aromatic N) is 4. The fourth-order valence-electron chi connectivity index (χ4n) is 3.28. The minimum atomic E-state index is 0.596. The Labute approximate surface area is 109 Å². The van der Waals surface area contributed by atoms with Crippen LogP contribution in [0.15, 0.2) is 0 Å². The number of aryl methyl sites for hydroxylation is 1. The Hall–Kier alpha value is -0.900. The van der Waals surface area contributed by atoms with E-state index in [1.165, 1.54) is 31.0 Å². The standard InChI is InChI=1S/C14H24N4/c1-10(2)17-7-6-12(9-17)14-16-15-13-5-4-11(3)8-18(13)14/h10-12H,4-9H2,1-3H3. The number of rotatable bonds is 2. The van der Waals surface area contributed by atoms with Gasteiger partial charge in [0.25, 0.3) is 0 Å². The molecule has 1 aromatic rings. The van der Waals surface area contributed by atoms with E-state index in [0.29, 0.717) is 12.0 Å². The van der Waals surface area contributed by atoms with E-state index >= 15 is 0 Å². The molecule has 0 saturated carbocycles. The zero-order valence-corrected chi connectivity index (χ0v) is 11.8. The monoisotopic (exact) mass is 248 g/mol. The Morgan fingerprint density at radius 1 is 1.17 bits per heavy atom. The second-order valence-corrected chi connectivity index (χ2v) is 6.30. The van der Waals surface area contributed by atoms with E-state index in [-0.39, 0.29) is 0 Å². The van der Waals surface area contributed by atoms with Gasteiger partial charge in [-0.1, -0.05) is 6.92 Å². The van der Waals surface area contributed by atoms with Gasteiger partial charge < -0.3 is 9.47 Å². The van der Waals surface area contributed by atoms with E-state index in [9.17, 15) is 0 Å². The molecule has 0 radical (unpaired) electrons. The fourth-order valence-corrected chi connectivity index (χ4v) is 3.28. The Morgan fingerprint density at radius 2 is 2.00 bits per heavy atom. The summed E-state index contributed by atoms with van der Waals surface area (Å²) >= 11 is 0. The number of fused-ring (bicyclic) bond motifs is 1. The van der Waals surface area contributed by atoms with Gasteiger partial charge in [-0.25, -0.2) is 0 Å². The predicted molar refractivity (Wildman–Crippen MR) is 71.6 cm³/mol. The molecule has 0 aromatic carbocycles. The second-order valence-electron chi connectivity index (χ2n) is 6.30. The summed E-state index contributed by atoms with van der Waals surface area (Å²) < 4.78 is 2.41. The van der Waals surface area contributed by atoms with Crippen molar-refractivity contribution in [3.8, 4) is 0 Å². The number of aromatic nitrogens is 3. The summed E-state index contributed by atoms with van der Waals surface area (Å²) in [6, 6.07) is 0.651. The van der Waals surface area contributed by atoms with Crippen LogP contribution < -0.4 is 0 Å². The maximum Gasteiger partial charge on any atom is 0.137 e. The molecule has 2 aliphatic heterocycles. The highest BCUT2D eigenvalue weighted by molar-refractivity contribution is 5.08. The summed E-state index contributed by atoms with van der Waals surface area (Å²) in [6.45, 7) is 10.4. The molecule has 4 nitrogen and oxygen atoms in total. The van der Waals surface area contributed by atoms with Crippen molar-refractivity contribution in [3.05, 3.63) is 11.6 Å². The van der Waals surface area contributed by atoms with Gasteiger partial charge in [0.05, 0.1) is 0 Å². The molecular formula is C14H24N4. The molecule has 2 atom stereocenters. The minimum Gasteiger partial charge on any atom is -0.314 e. The molecule has 0 N–H and O–H groups in total. The molecule has 0 amide bonds. The average molecular weight is 248 g/mol. The summed E-state index contributed by atoms with van der Waals surface area (Å²) in [6.07, 6.45) is 3.61. The smallest absolute Gasteiger partial charge is 0.137 e. The van der Waals surface area contributed by atoms with Crippen LogP contribution in [0.1, 0.15) is 51.2 Å². The number of likely N-dealkylation sites (tertiary alicyclic amines) is 1. The van der Waals surface area contributed by atoms with Crippen LogP contribution >= 0.6 is 0 Å². The molecule has 4 heteroatoms. The van der Waals surface area contributed by atoms with Crippen molar-refractivity contribution in [2.24, 2.45) is 5.92 Å². The van der Waals surface area contributed by atoms with Crippen molar-refractivity contribution in [1.82, 2.24) is 19.7 Å². The molecule has 1 saturated heterocycles. The highest BCUT2D eigenvalue weighted by atomic mass is 15.3. The highest BCUT2D eigenvalue weighted by Crippen LogP contribution is 2.30. The van der Waals surface area contributed by atoms with Crippen molar-refractivity contribution < 1.29 is 0 Å². The van der Waals surface area contributed by atoms with E-state index in [2.05, 4.69) is 40.4 Å². The lowest BCUT2D eigenvalue weighted by Gasteiger charge is -2.23. The fraction of sp³-hybridized carbons (Fsp3) is 0.857. The lowest BCUT2D eigenvalue weighted by atomic mass is 10.0. The summed E-state index contributed by atoms with van der Waals surface area (Å²) in [5, 5.41) is 8.89. The molecule has 1 aromatic heterocycles. The molecule has 2 unspecified atom stereocenters. The van der Waals surface area contributed by atoms with Gasteiger partial charge >= 0.3 is 0 Å². The maximum absolute atomic E-state index is 4.49. The van der Waals surface area contributed by atoms with Crippen LogP contribution in [0.5, 0.6) is 0 Å². The lowest BCUT2D eigenvalue weighted by molar-refractivity contribution is 0.270. The third-order valence-electron chi connectivity index (χ3n) is 4.53. The highest BCUT2D eigenvalue weighted by Gasteiger charge is 2.31. The van der Waals surface area contributed by atoms with Crippen molar-refractivity contribution in [2.45, 2.75) is 58.5 Å². The Morgan fingerprint density at radius 3 is 2.72 bits per heavy atom. The Balaban J connectivity index is 1.80. The van der Waals surface area contributed by atoms with Crippen LogP contribution in [-0.4, -0.2) is 38.8 Å². The van der Waals surface area contributed by atoms with Gasteiger partial charge in [-0.15, -0.1) is 10.2 Å². The van der Waals surface area contributed by atoms with Gasteiger partial charge in [0.1, 0.15) is 11.6 Å². The van der Waals surface area contributed by atoms with E-state index in [1.807, 2.05) is 0 Å². The summed E-state index contributed by atoms with van der Waals surface area (Å²) in [5.41, 5.74) is 0. The van der Waals surface area contributed by atoms with Gasteiger partial charge in [-0.3, -0.25) is 0 Å². The van der Waals surface area contributed by atoms with E-state index < -0.39 is 0 Å². The lowest BCUT2D eigenvalue weighted by Crippen LogP contribution is -2.28. The van der Waals surface area contributed by atoms with Crippen LogP contribution in [0.3, 0.4) is 0 Å². The topological polar surface area (TPSA) is 34.0 Å². The van der Waals surface area contributed by atoms with Gasteiger partial charge in [0, 0.05) is 31.5 Å². The molecule has 3 heterocycles. The first-order valence-electron chi connectivity index (χ1n) is 7.31. The second kappa shape index (κ2) is 4.65. The normalized spacial score (nSPS) is 28.9. The first-order chi connectivity index (χ1) is 8.65. The van der Waals surface area contributed by atoms with Gasteiger partial charge in [0.15, 0.2) is 0 Å². The van der Waals surface area contributed by atoms with Crippen LogP contribution in [0.25, 0.3) is 0 Å². The Bertz CT molecular complexity index is 423. The third kappa shape index (κ3) is 2.07. The molecule has 3 rings (SSSR count). The maximum atomic E-state index is 4.49. The molecule has 0 aliphatic carbocycles. The molecule has 18 heavy (non-hydrogen) atoms. The van der Waals surface area contributed by atoms with Crippen molar-refractivity contribution in [2.75, 3.05) is 13.1 Å². The third-order valence-corrected chi connectivity index (χ3v) is 4.53. The molecule has 0 spiro atoms. The SMILES string of the molecule is CC1CCc2nnc(C3CCN(C(C)C)C3)n2C1. The van der Waals surface area contributed by atoms with Crippen molar-refractivity contribution in [1.29, 1.82) is 0 Å². The quantitative estimate of drug-likeness (QED) is 0.803. The van der Waals surface area contributed by atoms with Crippen LogP contribution in [-0.2, 0) is 13.0 Å². The molecule has 2 aliphatic rings. The molecule has 1 fully saturated rings. The number of hydrogen-bond donors (Lipinski definition) is 0. The largest absolute Gasteiger partial charge is 0.314 e. The van der Waals surface area contributed by atoms with Crippen LogP contribution in [0.2, 0.25) is 0 Å². The van der Waals surface area contributed by atoms with Crippen LogP contribution in [0.4, 0.5) is 0 Å². The zero-order valence-electron chi connectivity index (χ0n) is 11.8. The Kier molecular flexibility index (Phi) is 3.14. The van der Waals surface area contributed by atoms with E-state index in [1.54, 1.807) is 0 Å². The van der Waals surface area contributed by atoms with Gasteiger partial charge in [-0.05, 0) is 39.2 Å². The predicted octanol–water partition coefficient (Wildman–Crippen LogP) is 2.06. The first kappa shape index (κ1) is 12.2. The first-order valence-corrected chi connectivity index (χ1v) is 7.31. The molecular weight excluding hydrogens is 224 g/mol. The van der Waals surface area contributed by atoms with Crippen molar-refractivity contribution >= 4 is 0 Å².